The molecule has 1 aromatic rings. The van der Waals surface area contributed by atoms with Crippen molar-refractivity contribution in [2.75, 3.05) is 13.6 Å². The number of benzene rings is 1. The first-order valence-electron chi connectivity index (χ1n) is 8.19. The zero-order valence-electron chi connectivity index (χ0n) is 14.0. The summed E-state index contributed by atoms with van der Waals surface area (Å²) in [6.07, 6.45) is 4.18. The van der Waals surface area contributed by atoms with Crippen LogP contribution in [0.1, 0.15) is 26.2 Å². The van der Waals surface area contributed by atoms with Crippen LogP contribution in [0.25, 0.3) is 0 Å². The number of hydrogen-bond donors (Lipinski definition) is 2. The van der Waals surface area contributed by atoms with E-state index in [4.69, 9.17) is 21.1 Å². The maximum Gasteiger partial charge on any atom is 0.191 e. The maximum atomic E-state index is 5.97. The molecule has 2 aliphatic rings. The summed E-state index contributed by atoms with van der Waals surface area (Å²) in [6.45, 7) is 2.68. The lowest BCUT2D eigenvalue weighted by atomic mass is 9.96. The highest BCUT2D eigenvalue weighted by molar-refractivity contribution is 14.0. The molecule has 24 heavy (non-hydrogen) atoms. The van der Waals surface area contributed by atoms with Crippen LogP contribution < -0.4 is 15.4 Å². The van der Waals surface area contributed by atoms with Gasteiger partial charge < -0.3 is 20.1 Å². The molecule has 5 nitrogen and oxygen atoms in total. The molecule has 7 heteroatoms. The van der Waals surface area contributed by atoms with E-state index in [-0.39, 0.29) is 30.1 Å². The number of fused-ring (bicyclic) bond motifs is 2. The van der Waals surface area contributed by atoms with Crippen molar-refractivity contribution < 1.29 is 9.47 Å². The van der Waals surface area contributed by atoms with Gasteiger partial charge in [-0.25, -0.2) is 0 Å². The van der Waals surface area contributed by atoms with Crippen molar-refractivity contribution >= 4 is 41.5 Å². The summed E-state index contributed by atoms with van der Waals surface area (Å²) in [4.78, 5) is 4.29. The van der Waals surface area contributed by atoms with Crippen molar-refractivity contribution in [3.8, 4) is 5.75 Å². The Labute approximate surface area is 165 Å². The SMILES string of the molecule is CN=C(NCC(C)Oc1cccc(Cl)c1)NC1CC2CCC1O2.I. The number of nitrogens with zero attached hydrogens (tertiary/aromatic N) is 1. The molecule has 0 spiro atoms. The van der Waals surface area contributed by atoms with Gasteiger partial charge in [0.05, 0.1) is 24.8 Å². The van der Waals surface area contributed by atoms with Gasteiger partial charge in [-0.1, -0.05) is 17.7 Å². The van der Waals surface area contributed by atoms with E-state index < -0.39 is 0 Å². The number of hydrogen-bond acceptors (Lipinski definition) is 3. The maximum absolute atomic E-state index is 5.97. The zero-order chi connectivity index (χ0) is 16.2. The number of ether oxygens (including phenoxy) is 2. The molecule has 2 aliphatic heterocycles. The molecule has 4 unspecified atom stereocenters. The summed E-state index contributed by atoms with van der Waals surface area (Å²) in [7, 11) is 1.78. The van der Waals surface area contributed by atoms with Gasteiger partial charge in [0.1, 0.15) is 11.9 Å². The van der Waals surface area contributed by atoms with E-state index >= 15 is 0 Å². The largest absolute Gasteiger partial charge is 0.489 e. The highest BCUT2D eigenvalue weighted by Crippen LogP contribution is 2.34. The minimum Gasteiger partial charge on any atom is -0.489 e. The molecule has 0 saturated carbocycles. The quantitative estimate of drug-likeness (QED) is 0.398. The standard InChI is InChI=1S/C17H24ClN3O2.HI/c1-11(22-13-5-3-4-12(18)8-13)10-20-17(19-2)21-15-9-14-6-7-16(15)23-14;/h3-5,8,11,14-16H,6-7,9-10H2,1-2H3,(H2,19,20,21);1H. The van der Waals surface area contributed by atoms with Crippen LogP contribution in [-0.4, -0.2) is 43.9 Å². The molecule has 3 rings (SSSR count). The van der Waals surface area contributed by atoms with Crippen molar-refractivity contribution in [1.82, 2.24) is 10.6 Å². The molecule has 2 fully saturated rings. The van der Waals surface area contributed by atoms with Crippen LogP contribution in [0.2, 0.25) is 5.02 Å². The summed E-state index contributed by atoms with van der Waals surface area (Å²) in [5.41, 5.74) is 0. The van der Waals surface area contributed by atoms with Gasteiger partial charge in [-0.2, -0.15) is 0 Å². The number of aliphatic imine (C=N–C) groups is 1. The van der Waals surface area contributed by atoms with Crippen molar-refractivity contribution in [3.63, 3.8) is 0 Å². The van der Waals surface area contributed by atoms with Gasteiger partial charge in [-0.05, 0) is 44.4 Å². The molecule has 0 aromatic heterocycles. The van der Waals surface area contributed by atoms with E-state index in [1.54, 1.807) is 7.05 Å². The number of nitrogens with one attached hydrogen (secondary N) is 2. The lowest BCUT2D eigenvalue weighted by Crippen LogP contribution is -2.49. The van der Waals surface area contributed by atoms with Crippen LogP contribution in [0.4, 0.5) is 0 Å². The fraction of sp³-hybridized carbons (Fsp3) is 0.588. The van der Waals surface area contributed by atoms with Gasteiger partial charge in [-0.15, -0.1) is 24.0 Å². The first-order valence-corrected chi connectivity index (χ1v) is 8.56. The second-order valence-corrected chi connectivity index (χ2v) is 6.64. The lowest BCUT2D eigenvalue weighted by molar-refractivity contribution is 0.0992. The monoisotopic (exact) mass is 465 g/mol. The van der Waals surface area contributed by atoms with Crippen LogP contribution in [0.5, 0.6) is 5.75 Å². The molecular formula is C17H25ClIN3O2. The Balaban J connectivity index is 0.00000208. The van der Waals surface area contributed by atoms with Gasteiger partial charge >= 0.3 is 0 Å². The fourth-order valence-electron chi connectivity index (χ4n) is 3.21. The van der Waals surface area contributed by atoms with Crippen LogP contribution in [0.3, 0.4) is 0 Å². The Hall–Kier alpha value is -0.730. The summed E-state index contributed by atoms with van der Waals surface area (Å²) in [5.74, 6) is 1.57. The lowest BCUT2D eigenvalue weighted by Gasteiger charge is -2.23. The molecule has 134 valence electrons. The number of guanidine groups is 1. The minimum atomic E-state index is 0. The van der Waals surface area contributed by atoms with Crippen LogP contribution >= 0.6 is 35.6 Å². The van der Waals surface area contributed by atoms with Crippen molar-refractivity contribution in [2.45, 2.75) is 50.5 Å². The molecular weight excluding hydrogens is 441 g/mol. The van der Waals surface area contributed by atoms with E-state index in [9.17, 15) is 0 Å². The van der Waals surface area contributed by atoms with Gasteiger partial charge in [0.25, 0.3) is 0 Å². The predicted molar refractivity (Wildman–Crippen MR) is 108 cm³/mol. The van der Waals surface area contributed by atoms with E-state index in [1.807, 2.05) is 31.2 Å². The van der Waals surface area contributed by atoms with Gasteiger partial charge in [0, 0.05) is 12.1 Å². The first kappa shape index (κ1) is 19.6. The van der Waals surface area contributed by atoms with Gasteiger partial charge in [0.15, 0.2) is 5.96 Å². The molecule has 2 saturated heterocycles. The normalized spacial score (nSPS) is 26.6. The van der Waals surface area contributed by atoms with Gasteiger partial charge in [-0.3, -0.25) is 4.99 Å². The minimum absolute atomic E-state index is 0. The average molecular weight is 466 g/mol. The smallest absolute Gasteiger partial charge is 0.191 e. The van der Waals surface area contributed by atoms with Crippen LogP contribution in [-0.2, 0) is 4.74 Å². The predicted octanol–water partition coefficient (Wildman–Crippen LogP) is 3.21. The number of halogens is 2. The van der Waals surface area contributed by atoms with Gasteiger partial charge in [0.2, 0.25) is 0 Å². The zero-order valence-corrected chi connectivity index (χ0v) is 17.1. The molecule has 0 amide bonds. The van der Waals surface area contributed by atoms with Crippen LogP contribution in [0.15, 0.2) is 29.3 Å². The second kappa shape index (κ2) is 9.10. The van der Waals surface area contributed by atoms with E-state index in [1.165, 1.54) is 6.42 Å². The molecule has 4 atom stereocenters. The molecule has 2 N–H and O–H groups in total. The molecule has 0 radical (unpaired) electrons. The third-order valence-corrected chi connectivity index (χ3v) is 4.58. The van der Waals surface area contributed by atoms with E-state index in [0.29, 0.717) is 29.8 Å². The highest BCUT2D eigenvalue weighted by Gasteiger charge is 2.41. The average Bonchev–Trinajstić information content (AvgIpc) is 3.14. The Bertz CT molecular complexity index is 573. The van der Waals surface area contributed by atoms with Crippen LogP contribution in [0, 0.1) is 0 Å². The third-order valence-electron chi connectivity index (χ3n) is 4.34. The summed E-state index contributed by atoms with van der Waals surface area (Å²) < 4.78 is 11.7. The third kappa shape index (κ3) is 5.13. The number of rotatable bonds is 5. The topological polar surface area (TPSA) is 54.9 Å². The summed E-state index contributed by atoms with van der Waals surface area (Å²) in [5, 5.41) is 7.46. The molecule has 2 heterocycles. The Morgan fingerprint density at radius 3 is 2.92 bits per heavy atom. The van der Waals surface area contributed by atoms with E-state index in [2.05, 4.69) is 15.6 Å². The molecule has 0 aliphatic carbocycles. The summed E-state index contributed by atoms with van der Waals surface area (Å²) >= 11 is 5.97. The second-order valence-electron chi connectivity index (χ2n) is 6.20. The van der Waals surface area contributed by atoms with E-state index in [0.717, 1.165) is 24.6 Å². The van der Waals surface area contributed by atoms with Crippen molar-refractivity contribution in [1.29, 1.82) is 0 Å². The Morgan fingerprint density at radius 1 is 1.46 bits per heavy atom. The van der Waals surface area contributed by atoms with Crippen molar-refractivity contribution in [2.24, 2.45) is 4.99 Å². The Kier molecular flexibility index (Phi) is 7.43. The Morgan fingerprint density at radius 2 is 2.29 bits per heavy atom. The molecule has 1 aromatic carbocycles. The fourth-order valence-corrected chi connectivity index (χ4v) is 3.39. The molecule has 2 bridgehead atoms. The highest BCUT2D eigenvalue weighted by atomic mass is 127. The summed E-state index contributed by atoms with van der Waals surface area (Å²) in [6, 6.07) is 7.80. The first-order chi connectivity index (χ1) is 11.1. The van der Waals surface area contributed by atoms with Crippen molar-refractivity contribution in [3.05, 3.63) is 29.3 Å².